The van der Waals surface area contributed by atoms with Crippen molar-refractivity contribution in [2.75, 3.05) is 19.6 Å². The monoisotopic (exact) mass is 326 g/mol. The van der Waals surface area contributed by atoms with Crippen LogP contribution in [0.3, 0.4) is 0 Å². The molecule has 1 aromatic carbocycles. The number of aromatic nitrogens is 1. The van der Waals surface area contributed by atoms with Crippen molar-refractivity contribution in [3.63, 3.8) is 0 Å². The molecule has 1 N–H and O–H groups in total. The maximum Gasteiger partial charge on any atom is 0.278 e. The Morgan fingerprint density at radius 3 is 2.71 bits per heavy atom. The molecule has 4 heterocycles. The van der Waals surface area contributed by atoms with Gasteiger partial charge in [-0.2, -0.15) is 0 Å². The number of benzene rings is 1. The summed E-state index contributed by atoms with van der Waals surface area (Å²) < 4.78 is 0. The number of nitro benzene ring substituents is 1. The number of nitro groups is 1. The van der Waals surface area contributed by atoms with Gasteiger partial charge in [0, 0.05) is 18.7 Å². The molecule has 1 atom stereocenters. The molecule has 0 spiro atoms. The van der Waals surface area contributed by atoms with Gasteiger partial charge in [0.15, 0.2) is 0 Å². The largest absolute Gasteiger partial charge is 0.346 e. The van der Waals surface area contributed by atoms with Crippen molar-refractivity contribution in [3.05, 3.63) is 46.1 Å². The molecule has 1 amide bonds. The normalized spacial score (nSPS) is 25.6. The molecule has 124 valence electrons. The van der Waals surface area contributed by atoms with E-state index in [4.69, 9.17) is 0 Å². The van der Waals surface area contributed by atoms with Crippen LogP contribution in [-0.2, 0) is 0 Å². The van der Waals surface area contributed by atoms with Crippen molar-refractivity contribution in [1.82, 2.24) is 15.2 Å². The van der Waals surface area contributed by atoms with Crippen LogP contribution in [0.15, 0.2) is 30.3 Å². The minimum absolute atomic E-state index is 0.00403. The number of pyridine rings is 1. The van der Waals surface area contributed by atoms with Crippen molar-refractivity contribution in [2.45, 2.75) is 18.9 Å². The summed E-state index contributed by atoms with van der Waals surface area (Å²) >= 11 is 0. The van der Waals surface area contributed by atoms with E-state index in [2.05, 4.69) is 15.2 Å². The molecular formula is C17H18N4O3. The number of carbonyl (C=O) groups excluding carboxylic acids is 1. The van der Waals surface area contributed by atoms with Crippen LogP contribution in [0.2, 0.25) is 0 Å². The smallest absolute Gasteiger partial charge is 0.278 e. The molecule has 2 aromatic rings. The maximum atomic E-state index is 12.5. The molecule has 3 saturated heterocycles. The highest BCUT2D eigenvalue weighted by Gasteiger charge is 2.35. The molecule has 5 rings (SSSR count). The number of rotatable bonds is 3. The van der Waals surface area contributed by atoms with E-state index < -0.39 is 4.92 Å². The van der Waals surface area contributed by atoms with Crippen LogP contribution < -0.4 is 5.32 Å². The van der Waals surface area contributed by atoms with Gasteiger partial charge < -0.3 is 10.2 Å². The average Bonchev–Trinajstić information content (AvgIpc) is 2.61. The second-order valence-electron chi connectivity index (χ2n) is 6.52. The number of hydrogen-bond acceptors (Lipinski definition) is 5. The Morgan fingerprint density at radius 1 is 1.25 bits per heavy atom. The summed E-state index contributed by atoms with van der Waals surface area (Å²) in [6, 6.07) is 8.05. The van der Waals surface area contributed by atoms with E-state index in [1.807, 2.05) is 0 Å². The first-order valence-corrected chi connectivity index (χ1v) is 8.19. The molecule has 3 aliphatic rings. The van der Waals surface area contributed by atoms with E-state index in [9.17, 15) is 14.9 Å². The minimum atomic E-state index is -0.434. The summed E-state index contributed by atoms with van der Waals surface area (Å²) in [4.78, 5) is 29.8. The third-order valence-corrected chi connectivity index (χ3v) is 5.11. The zero-order valence-electron chi connectivity index (χ0n) is 13.1. The van der Waals surface area contributed by atoms with Gasteiger partial charge in [-0.05, 0) is 50.0 Å². The Morgan fingerprint density at radius 2 is 2.04 bits per heavy atom. The maximum absolute atomic E-state index is 12.5. The zero-order valence-corrected chi connectivity index (χ0v) is 13.1. The van der Waals surface area contributed by atoms with Gasteiger partial charge in [0.05, 0.1) is 15.8 Å². The van der Waals surface area contributed by atoms with Gasteiger partial charge in [-0.3, -0.25) is 14.9 Å². The molecule has 24 heavy (non-hydrogen) atoms. The topological polar surface area (TPSA) is 88.4 Å². The lowest BCUT2D eigenvalue weighted by molar-refractivity contribution is -0.383. The average molecular weight is 326 g/mol. The fourth-order valence-electron chi connectivity index (χ4n) is 3.80. The van der Waals surface area contributed by atoms with E-state index >= 15 is 0 Å². The van der Waals surface area contributed by atoms with Crippen molar-refractivity contribution < 1.29 is 9.72 Å². The first kappa shape index (κ1) is 15.0. The van der Waals surface area contributed by atoms with E-state index in [0.717, 1.165) is 32.5 Å². The predicted octanol–water partition coefficient (Wildman–Crippen LogP) is 1.97. The number of non-ortho nitro benzene ring substituents is 1. The summed E-state index contributed by atoms with van der Waals surface area (Å²) in [7, 11) is 0. The second kappa shape index (κ2) is 5.83. The summed E-state index contributed by atoms with van der Waals surface area (Å²) in [6.07, 6.45) is 2.25. The van der Waals surface area contributed by atoms with Crippen molar-refractivity contribution in [3.8, 4) is 0 Å². The van der Waals surface area contributed by atoms with Crippen LogP contribution in [0.25, 0.3) is 10.9 Å². The summed E-state index contributed by atoms with van der Waals surface area (Å²) in [6.45, 7) is 3.14. The molecular weight excluding hydrogens is 308 g/mol. The lowest BCUT2D eigenvalue weighted by Gasteiger charge is -2.44. The zero-order chi connectivity index (χ0) is 16.7. The molecule has 3 fully saturated rings. The molecule has 0 aliphatic carbocycles. The van der Waals surface area contributed by atoms with Crippen LogP contribution >= 0.6 is 0 Å². The van der Waals surface area contributed by atoms with Gasteiger partial charge in [-0.1, -0.05) is 6.07 Å². The molecule has 0 saturated carbocycles. The van der Waals surface area contributed by atoms with Crippen LogP contribution in [0.1, 0.15) is 23.3 Å². The highest BCUT2D eigenvalue weighted by atomic mass is 16.6. The number of carbonyl (C=O) groups is 1. The highest BCUT2D eigenvalue weighted by Crippen LogP contribution is 2.28. The Labute approximate surface area is 138 Å². The van der Waals surface area contributed by atoms with Gasteiger partial charge in [0.2, 0.25) is 0 Å². The van der Waals surface area contributed by atoms with Crippen molar-refractivity contribution >= 4 is 22.5 Å². The second-order valence-corrected chi connectivity index (χ2v) is 6.52. The lowest BCUT2D eigenvalue weighted by atomic mass is 9.84. The first-order chi connectivity index (χ1) is 11.6. The Kier molecular flexibility index (Phi) is 3.65. The quantitative estimate of drug-likeness (QED) is 0.688. The van der Waals surface area contributed by atoms with Crippen LogP contribution in [-0.4, -0.2) is 46.4 Å². The molecule has 2 bridgehead atoms. The van der Waals surface area contributed by atoms with Crippen LogP contribution in [0.4, 0.5) is 5.69 Å². The molecule has 0 unspecified atom stereocenters. The predicted molar refractivity (Wildman–Crippen MR) is 88.8 cm³/mol. The summed E-state index contributed by atoms with van der Waals surface area (Å²) in [5.41, 5.74) is 0.773. The van der Waals surface area contributed by atoms with E-state index in [1.165, 1.54) is 6.07 Å². The Bertz CT molecular complexity index is 815. The van der Waals surface area contributed by atoms with Gasteiger partial charge in [0.1, 0.15) is 5.69 Å². The lowest BCUT2D eigenvalue weighted by Crippen LogP contribution is -2.57. The minimum Gasteiger partial charge on any atom is -0.346 e. The van der Waals surface area contributed by atoms with Gasteiger partial charge in [-0.15, -0.1) is 0 Å². The number of nitrogens with one attached hydrogen (secondary N) is 1. The highest BCUT2D eigenvalue weighted by molar-refractivity contribution is 5.96. The van der Waals surface area contributed by atoms with Crippen LogP contribution in [0.5, 0.6) is 0 Å². The molecule has 1 aromatic heterocycles. The fraction of sp³-hybridized carbons (Fsp3) is 0.412. The van der Waals surface area contributed by atoms with Crippen LogP contribution in [0, 0.1) is 16.0 Å². The van der Waals surface area contributed by atoms with E-state index in [1.54, 1.807) is 24.3 Å². The van der Waals surface area contributed by atoms with Gasteiger partial charge in [0.25, 0.3) is 11.6 Å². The third-order valence-electron chi connectivity index (χ3n) is 5.11. The van der Waals surface area contributed by atoms with Crippen molar-refractivity contribution in [1.29, 1.82) is 0 Å². The number of nitrogens with zero attached hydrogens (tertiary/aromatic N) is 3. The van der Waals surface area contributed by atoms with Crippen molar-refractivity contribution in [2.24, 2.45) is 5.92 Å². The number of amides is 1. The van der Waals surface area contributed by atoms with E-state index in [0.29, 0.717) is 22.5 Å². The van der Waals surface area contributed by atoms with E-state index in [-0.39, 0.29) is 17.6 Å². The van der Waals surface area contributed by atoms with Gasteiger partial charge in [-0.25, -0.2) is 4.98 Å². The Hall–Kier alpha value is -2.54. The SMILES string of the molecule is O=C(N[C@H]1CN2CCC1CC2)c1ccc2c([N+](=O)[O-])cccc2n1. The Balaban J connectivity index is 1.57. The summed E-state index contributed by atoms with van der Waals surface area (Å²) in [5, 5.41) is 14.6. The number of piperidine rings is 3. The fourth-order valence-corrected chi connectivity index (χ4v) is 3.80. The van der Waals surface area contributed by atoms with Gasteiger partial charge >= 0.3 is 0 Å². The first-order valence-electron chi connectivity index (χ1n) is 8.19. The molecule has 0 radical (unpaired) electrons. The molecule has 7 nitrogen and oxygen atoms in total. The number of fused-ring (bicyclic) bond motifs is 4. The molecule has 7 heteroatoms. The third kappa shape index (κ3) is 2.60. The number of hydrogen-bond donors (Lipinski definition) is 1. The summed E-state index contributed by atoms with van der Waals surface area (Å²) in [5.74, 6) is 0.336. The standard InChI is InChI=1S/C17H18N4O3/c22-17(19-15-10-20-8-6-11(15)7-9-20)14-5-4-12-13(18-14)2-1-3-16(12)21(23)24/h1-5,11,15H,6-10H2,(H,19,22)/t15-/m0/s1. The molecule has 3 aliphatic heterocycles.